The quantitative estimate of drug-likeness (QED) is 0.694. The SMILES string of the molecule is Fc1cnc(Cl)nc1Oc1ncn(-c2ccccc2)n1. The lowest BCUT2D eigenvalue weighted by Crippen LogP contribution is -1.97. The predicted molar refractivity (Wildman–Crippen MR) is 68.4 cm³/mol. The lowest BCUT2D eigenvalue weighted by Gasteiger charge is -2.01. The number of para-hydroxylation sites is 1. The summed E-state index contributed by atoms with van der Waals surface area (Å²) in [6, 6.07) is 9.27. The van der Waals surface area contributed by atoms with Crippen molar-refractivity contribution in [2.75, 3.05) is 0 Å². The maximum atomic E-state index is 13.4. The molecule has 20 heavy (non-hydrogen) atoms. The number of ether oxygens (including phenoxy) is 1. The number of aromatic nitrogens is 5. The zero-order valence-electron chi connectivity index (χ0n) is 9.94. The molecule has 0 amide bonds. The molecule has 0 atom stereocenters. The highest BCUT2D eigenvalue weighted by Gasteiger charge is 2.11. The highest BCUT2D eigenvalue weighted by atomic mass is 35.5. The molecular formula is C12H7ClFN5O. The molecule has 0 aliphatic heterocycles. The second-order valence-electron chi connectivity index (χ2n) is 3.70. The summed E-state index contributed by atoms with van der Waals surface area (Å²) in [7, 11) is 0. The summed E-state index contributed by atoms with van der Waals surface area (Å²) in [5.74, 6) is -1.07. The van der Waals surface area contributed by atoms with Crippen molar-refractivity contribution in [3.8, 4) is 17.6 Å². The van der Waals surface area contributed by atoms with Crippen molar-refractivity contribution in [3.63, 3.8) is 0 Å². The fraction of sp³-hybridized carbons (Fsp3) is 0. The Labute approximate surface area is 117 Å². The first-order valence-corrected chi connectivity index (χ1v) is 5.93. The smallest absolute Gasteiger partial charge is 0.342 e. The molecule has 2 heterocycles. The van der Waals surface area contributed by atoms with E-state index in [4.69, 9.17) is 16.3 Å². The molecule has 0 N–H and O–H groups in total. The van der Waals surface area contributed by atoms with E-state index in [2.05, 4.69) is 20.1 Å². The zero-order valence-corrected chi connectivity index (χ0v) is 10.7. The number of halogens is 2. The molecule has 3 rings (SSSR count). The van der Waals surface area contributed by atoms with E-state index in [1.807, 2.05) is 30.3 Å². The Morgan fingerprint density at radius 3 is 2.75 bits per heavy atom. The molecule has 0 fully saturated rings. The van der Waals surface area contributed by atoms with Crippen molar-refractivity contribution in [1.29, 1.82) is 0 Å². The first kappa shape index (κ1) is 12.5. The van der Waals surface area contributed by atoms with E-state index >= 15 is 0 Å². The van der Waals surface area contributed by atoms with Crippen molar-refractivity contribution in [3.05, 3.63) is 54.0 Å². The molecule has 0 saturated carbocycles. The summed E-state index contributed by atoms with van der Waals surface area (Å²) in [5, 5.41) is 3.94. The molecule has 1 aromatic carbocycles. The Bertz CT molecular complexity index is 734. The van der Waals surface area contributed by atoms with Gasteiger partial charge in [0.15, 0.2) is 0 Å². The molecule has 0 saturated heterocycles. The Kier molecular flexibility index (Phi) is 3.26. The van der Waals surface area contributed by atoms with Crippen LogP contribution in [0.2, 0.25) is 5.28 Å². The lowest BCUT2D eigenvalue weighted by atomic mass is 10.3. The van der Waals surface area contributed by atoms with Crippen LogP contribution in [0.1, 0.15) is 0 Å². The van der Waals surface area contributed by atoms with E-state index in [9.17, 15) is 4.39 Å². The number of rotatable bonds is 3. The Balaban J connectivity index is 1.86. The van der Waals surface area contributed by atoms with E-state index < -0.39 is 5.82 Å². The van der Waals surface area contributed by atoms with Crippen LogP contribution in [0.5, 0.6) is 11.9 Å². The average Bonchev–Trinajstić information content (AvgIpc) is 2.92. The van der Waals surface area contributed by atoms with Crippen molar-refractivity contribution < 1.29 is 9.13 Å². The van der Waals surface area contributed by atoms with Crippen molar-refractivity contribution in [1.82, 2.24) is 24.7 Å². The molecular weight excluding hydrogens is 285 g/mol. The molecule has 3 aromatic rings. The number of hydrogen-bond donors (Lipinski definition) is 0. The van der Waals surface area contributed by atoms with Crippen molar-refractivity contribution >= 4 is 11.6 Å². The second kappa shape index (κ2) is 5.22. The van der Waals surface area contributed by atoms with E-state index in [0.717, 1.165) is 11.9 Å². The van der Waals surface area contributed by atoms with Gasteiger partial charge in [0.2, 0.25) is 11.1 Å². The van der Waals surface area contributed by atoms with Gasteiger partial charge in [0.1, 0.15) is 6.33 Å². The highest BCUT2D eigenvalue weighted by molar-refractivity contribution is 6.28. The van der Waals surface area contributed by atoms with Gasteiger partial charge in [0.25, 0.3) is 5.88 Å². The minimum Gasteiger partial charge on any atom is -0.401 e. The molecule has 100 valence electrons. The van der Waals surface area contributed by atoms with Gasteiger partial charge in [0, 0.05) is 0 Å². The van der Waals surface area contributed by atoms with E-state index in [1.165, 1.54) is 11.0 Å². The van der Waals surface area contributed by atoms with Crippen LogP contribution in [0.4, 0.5) is 4.39 Å². The molecule has 0 radical (unpaired) electrons. The van der Waals surface area contributed by atoms with Gasteiger partial charge in [-0.15, -0.1) is 5.10 Å². The van der Waals surface area contributed by atoms with Crippen LogP contribution in [-0.4, -0.2) is 24.7 Å². The summed E-state index contributed by atoms with van der Waals surface area (Å²) < 4.78 is 20.0. The van der Waals surface area contributed by atoms with Gasteiger partial charge in [-0.1, -0.05) is 18.2 Å². The highest BCUT2D eigenvalue weighted by Crippen LogP contribution is 2.20. The average molecular weight is 292 g/mol. The van der Waals surface area contributed by atoms with Gasteiger partial charge >= 0.3 is 6.01 Å². The Morgan fingerprint density at radius 1 is 1.15 bits per heavy atom. The summed E-state index contributed by atoms with van der Waals surface area (Å²) in [5.41, 5.74) is 0.802. The fourth-order valence-electron chi connectivity index (χ4n) is 1.49. The Morgan fingerprint density at radius 2 is 1.95 bits per heavy atom. The maximum absolute atomic E-state index is 13.4. The van der Waals surface area contributed by atoms with Crippen LogP contribution in [0.25, 0.3) is 5.69 Å². The number of benzene rings is 1. The van der Waals surface area contributed by atoms with Crippen LogP contribution in [0, 0.1) is 5.82 Å². The van der Waals surface area contributed by atoms with Crippen LogP contribution in [0.3, 0.4) is 0 Å². The largest absolute Gasteiger partial charge is 0.401 e. The summed E-state index contributed by atoms with van der Waals surface area (Å²) in [4.78, 5) is 11.0. The molecule has 0 spiro atoms. The minimum absolute atomic E-state index is 0.0393. The van der Waals surface area contributed by atoms with E-state index in [0.29, 0.717) is 0 Å². The monoisotopic (exact) mass is 291 g/mol. The van der Waals surface area contributed by atoms with Gasteiger partial charge in [-0.3, -0.25) is 0 Å². The molecule has 2 aromatic heterocycles. The van der Waals surface area contributed by atoms with Crippen molar-refractivity contribution in [2.45, 2.75) is 0 Å². The minimum atomic E-state index is -0.745. The summed E-state index contributed by atoms with van der Waals surface area (Å²) in [6.45, 7) is 0. The van der Waals surface area contributed by atoms with Crippen LogP contribution in [-0.2, 0) is 0 Å². The van der Waals surface area contributed by atoms with Gasteiger partial charge in [-0.05, 0) is 23.7 Å². The Hall–Kier alpha value is -2.54. The number of hydrogen-bond acceptors (Lipinski definition) is 5. The summed E-state index contributed by atoms with van der Waals surface area (Å²) in [6.07, 6.45) is 2.37. The number of nitrogens with zero attached hydrogens (tertiary/aromatic N) is 5. The second-order valence-corrected chi connectivity index (χ2v) is 4.04. The fourth-order valence-corrected chi connectivity index (χ4v) is 1.61. The topological polar surface area (TPSA) is 65.7 Å². The van der Waals surface area contributed by atoms with Gasteiger partial charge in [-0.2, -0.15) is 14.4 Å². The van der Waals surface area contributed by atoms with Crippen molar-refractivity contribution in [2.24, 2.45) is 0 Å². The molecule has 0 bridgehead atoms. The van der Waals surface area contributed by atoms with Crippen LogP contribution >= 0.6 is 11.6 Å². The third-order valence-electron chi connectivity index (χ3n) is 2.36. The molecule has 0 aliphatic rings. The molecule has 0 aliphatic carbocycles. The van der Waals surface area contributed by atoms with Gasteiger partial charge < -0.3 is 4.74 Å². The molecule has 8 heteroatoms. The van der Waals surface area contributed by atoms with Crippen LogP contribution in [0.15, 0.2) is 42.9 Å². The normalized spacial score (nSPS) is 10.5. The standard InChI is InChI=1S/C12H7ClFN5O/c13-11-15-6-9(14)10(17-11)20-12-16-7-19(18-12)8-4-2-1-3-5-8/h1-7H. The third-order valence-corrected chi connectivity index (χ3v) is 2.54. The first-order chi connectivity index (χ1) is 9.72. The summed E-state index contributed by atoms with van der Waals surface area (Å²) >= 11 is 5.57. The first-order valence-electron chi connectivity index (χ1n) is 5.55. The van der Waals surface area contributed by atoms with Gasteiger partial charge in [-0.25, -0.2) is 9.67 Å². The van der Waals surface area contributed by atoms with Crippen LogP contribution < -0.4 is 4.74 Å². The molecule has 6 nitrogen and oxygen atoms in total. The maximum Gasteiger partial charge on any atom is 0.342 e. The van der Waals surface area contributed by atoms with Gasteiger partial charge in [0.05, 0.1) is 11.9 Å². The lowest BCUT2D eigenvalue weighted by molar-refractivity contribution is 0.391. The van der Waals surface area contributed by atoms with E-state index in [-0.39, 0.29) is 17.2 Å². The third kappa shape index (κ3) is 2.57. The van der Waals surface area contributed by atoms with E-state index in [1.54, 1.807) is 0 Å². The zero-order chi connectivity index (χ0) is 13.9. The predicted octanol–water partition coefficient (Wildman–Crippen LogP) is 2.64. The molecule has 0 unspecified atom stereocenters.